The maximum absolute atomic E-state index is 12.7. The van der Waals surface area contributed by atoms with Gasteiger partial charge >= 0.3 is 6.18 Å². The van der Waals surface area contributed by atoms with E-state index in [2.05, 4.69) is 5.32 Å². The molecule has 0 spiro atoms. The van der Waals surface area contributed by atoms with Crippen LogP contribution < -0.4 is 16.0 Å². The molecule has 1 amide bonds. The summed E-state index contributed by atoms with van der Waals surface area (Å²) >= 11 is 0. The SMILES string of the molecule is Cc1ccc(NC(=O)C(C)(N)C(F)(F)F)cc1N(C)C. The molecule has 3 N–H and O–H groups in total. The molecule has 0 fully saturated rings. The molecule has 1 aromatic carbocycles. The minimum absolute atomic E-state index is 0.269. The summed E-state index contributed by atoms with van der Waals surface area (Å²) in [5.74, 6) is -1.29. The molecule has 1 atom stereocenters. The first-order valence-electron chi connectivity index (χ1n) is 5.92. The van der Waals surface area contributed by atoms with Crippen LogP contribution in [0.1, 0.15) is 12.5 Å². The van der Waals surface area contributed by atoms with Crippen LogP contribution in [0.15, 0.2) is 18.2 Å². The summed E-state index contributed by atoms with van der Waals surface area (Å²) in [6.07, 6.45) is -4.81. The second-order valence-corrected chi connectivity index (χ2v) is 5.05. The molecule has 0 saturated heterocycles. The number of carbonyl (C=O) groups is 1. The Kier molecular flexibility index (Phi) is 4.33. The molecule has 0 saturated carbocycles. The molecular weight excluding hydrogens is 271 g/mol. The molecule has 0 bridgehead atoms. The van der Waals surface area contributed by atoms with E-state index in [1.807, 2.05) is 6.92 Å². The largest absolute Gasteiger partial charge is 0.415 e. The quantitative estimate of drug-likeness (QED) is 0.897. The van der Waals surface area contributed by atoms with Crippen molar-refractivity contribution in [3.8, 4) is 0 Å². The van der Waals surface area contributed by atoms with E-state index in [-0.39, 0.29) is 5.69 Å². The average Bonchev–Trinajstić information content (AvgIpc) is 2.29. The standard InChI is InChI=1S/C13H18F3N3O/c1-8-5-6-9(7-10(8)19(3)4)18-11(20)12(2,17)13(14,15)16/h5-7H,17H2,1-4H3,(H,18,20). The highest BCUT2D eigenvalue weighted by molar-refractivity contribution is 5.98. The maximum atomic E-state index is 12.7. The summed E-state index contributed by atoms with van der Waals surface area (Å²) < 4.78 is 38.0. The Morgan fingerprint density at radius 2 is 1.85 bits per heavy atom. The van der Waals surface area contributed by atoms with Crippen molar-refractivity contribution < 1.29 is 18.0 Å². The van der Waals surface area contributed by atoms with Crippen LogP contribution in [0.3, 0.4) is 0 Å². The monoisotopic (exact) mass is 289 g/mol. The fraction of sp³-hybridized carbons (Fsp3) is 0.462. The Morgan fingerprint density at radius 3 is 2.30 bits per heavy atom. The number of nitrogens with two attached hydrogens (primary N) is 1. The van der Waals surface area contributed by atoms with Crippen molar-refractivity contribution in [2.75, 3.05) is 24.3 Å². The van der Waals surface area contributed by atoms with E-state index in [1.54, 1.807) is 31.1 Å². The molecule has 1 aromatic rings. The highest BCUT2D eigenvalue weighted by atomic mass is 19.4. The van der Waals surface area contributed by atoms with E-state index in [4.69, 9.17) is 5.73 Å². The van der Waals surface area contributed by atoms with Gasteiger partial charge in [-0.1, -0.05) is 6.07 Å². The Labute approximate surface area is 115 Å². The summed E-state index contributed by atoms with van der Waals surface area (Å²) in [7, 11) is 3.60. The first-order valence-corrected chi connectivity index (χ1v) is 5.92. The van der Waals surface area contributed by atoms with Crippen LogP contribution in [0.5, 0.6) is 0 Å². The first-order chi connectivity index (χ1) is 8.96. The van der Waals surface area contributed by atoms with Gasteiger partial charge in [-0.05, 0) is 31.5 Å². The summed E-state index contributed by atoms with van der Waals surface area (Å²) in [5.41, 5.74) is 4.14. The maximum Gasteiger partial charge on any atom is 0.415 e. The predicted molar refractivity (Wildman–Crippen MR) is 72.8 cm³/mol. The fourth-order valence-electron chi connectivity index (χ4n) is 1.56. The van der Waals surface area contributed by atoms with Crippen molar-refractivity contribution in [3.63, 3.8) is 0 Å². The lowest BCUT2D eigenvalue weighted by Crippen LogP contribution is -2.59. The molecular formula is C13H18F3N3O. The molecule has 7 heteroatoms. The second kappa shape index (κ2) is 5.32. The Balaban J connectivity index is 3.00. The van der Waals surface area contributed by atoms with E-state index >= 15 is 0 Å². The number of benzene rings is 1. The predicted octanol–water partition coefficient (Wildman–Crippen LogP) is 2.28. The van der Waals surface area contributed by atoms with E-state index in [0.29, 0.717) is 6.92 Å². The van der Waals surface area contributed by atoms with Crippen molar-refractivity contribution in [2.45, 2.75) is 25.6 Å². The molecule has 112 valence electrons. The molecule has 0 aliphatic rings. The van der Waals surface area contributed by atoms with Crippen LogP contribution in [0.4, 0.5) is 24.5 Å². The highest BCUT2D eigenvalue weighted by Crippen LogP contribution is 2.30. The van der Waals surface area contributed by atoms with Gasteiger partial charge in [0.15, 0.2) is 5.54 Å². The van der Waals surface area contributed by atoms with Gasteiger partial charge in [0.1, 0.15) is 0 Å². The number of carbonyl (C=O) groups excluding carboxylic acids is 1. The van der Waals surface area contributed by atoms with E-state index in [1.165, 1.54) is 6.07 Å². The molecule has 1 rings (SSSR count). The first kappa shape index (κ1) is 16.3. The Morgan fingerprint density at radius 1 is 1.30 bits per heavy atom. The molecule has 0 aromatic heterocycles. The summed E-state index contributed by atoms with van der Waals surface area (Å²) in [6, 6.07) is 4.85. The average molecular weight is 289 g/mol. The number of alkyl halides is 3. The number of hydrogen-bond acceptors (Lipinski definition) is 3. The summed E-state index contributed by atoms with van der Waals surface area (Å²) in [5, 5.41) is 2.20. The zero-order valence-corrected chi connectivity index (χ0v) is 11.8. The number of aryl methyl sites for hydroxylation is 1. The molecule has 0 aliphatic carbocycles. The molecule has 4 nitrogen and oxygen atoms in total. The Bertz CT molecular complexity index is 510. The number of rotatable bonds is 3. The van der Waals surface area contributed by atoms with Gasteiger partial charge in [-0.25, -0.2) is 0 Å². The number of halogens is 3. The second-order valence-electron chi connectivity index (χ2n) is 5.05. The lowest BCUT2D eigenvalue weighted by atomic mass is 10.0. The van der Waals surface area contributed by atoms with Gasteiger partial charge in [0.05, 0.1) is 0 Å². The van der Waals surface area contributed by atoms with E-state index in [9.17, 15) is 18.0 Å². The molecule has 20 heavy (non-hydrogen) atoms. The normalized spacial score (nSPS) is 14.6. The number of nitrogens with zero attached hydrogens (tertiary/aromatic N) is 1. The molecule has 1 unspecified atom stereocenters. The van der Waals surface area contributed by atoms with Crippen LogP contribution in [0, 0.1) is 6.92 Å². The molecule has 0 radical (unpaired) electrons. The fourth-order valence-corrected chi connectivity index (χ4v) is 1.56. The van der Waals surface area contributed by atoms with E-state index in [0.717, 1.165) is 11.3 Å². The topological polar surface area (TPSA) is 58.4 Å². The van der Waals surface area contributed by atoms with Crippen LogP contribution in [0.25, 0.3) is 0 Å². The highest BCUT2D eigenvalue weighted by Gasteiger charge is 2.53. The van der Waals surface area contributed by atoms with Crippen molar-refractivity contribution in [1.82, 2.24) is 0 Å². The zero-order valence-electron chi connectivity index (χ0n) is 11.8. The number of amides is 1. The lowest BCUT2D eigenvalue weighted by molar-refractivity contribution is -0.184. The van der Waals surface area contributed by atoms with Crippen molar-refractivity contribution in [2.24, 2.45) is 5.73 Å². The van der Waals surface area contributed by atoms with Crippen molar-refractivity contribution in [1.29, 1.82) is 0 Å². The minimum atomic E-state index is -4.81. The van der Waals surface area contributed by atoms with Gasteiger partial charge in [-0.3, -0.25) is 4.79 Å². The minimum Gasteiger partial charge on any atom is -0.377 e. The number of anilines is 2. The smallest absolute Gasteiger partial charge is 0.377 e. The van der Waals surface area contributed by atoms with Gasteiger partial charge in [0, 0.05) is 25.5 Å². The van der Waals surface area contributed by atoms with Crippen LogP contribution >= 0.6 is 0 Å². The molecule has 0 heterocycles. The summed E-state index contributed by atoms with van der Waals surface area (Å²) in [4.78, 5) is 13.5. The Hall–Kier alpha value is -1.76. The van der Waals surface area contributed by atoms with Crippen molar-refractivity contribution >= 4 is 17.3 Å². The van der Waals surface area contributed by atoms with Gasteiger partial charge in [0.25, 0.3) is 5.91 Å². The third-order valence-corrected chi connectivity index (χ3v) is 3.01. The van der Waals surface area contributed by atoms with Gasteiger partial charge in [-0.2, -0.15) is 13.2 Å². The van der Waals surface area contributed by atoms with Gasteiger partial charge in [0.2, 0.25) is 0 Å². The number of nitrogens with one attached hydrogen (secondary N) is 1. The van der Waals surface area contributed by atoms with Gasteiger partial charge in [-0.15, -0.1) is 0 Å². The summed E-state index contributed by atoms with van der Waals surface area (Å²) in [6.45, 7) is 2.51. The third kappa shape index (κ3) is 3.22. The third-order valence-electron chi connectivity index (χ3n) is 3.01. The number of hydrogen-bond donors (Lipinski definition) is 2. The van der Waals surface area contributed by atoms with Crippen LogP contribution in [-0.2, 0) is 4.79 Å². The van der Waals surface area contributed by atoms with E-state index < -0.39 is 17.6 Å². The van der Waals surface area contributed by atoms with Crippen LogP contribution in [-0.4, -0.2) is 31.7 Å². The lowest BCUT2D eigenvalue weighted by Gasteiger charge is -2.26. The van der Waals surface area contributed by atoms with Crippen LogP contribution in [0.2, 0.25) is 0 Å². The van der Waals surface area contributed by atoms with Gasteiger partial charge < -0.3 is 16.0 Å². The van der Waals surface area contributed by atoms with Crippen molar-refractivity contribution in [3.05, 3.63) is 23.8 Å². The zero-order chi connectivity index (χ0) is 15.7. The molecule has 0 aliphatic heterocycles.